The van der Waals surface area contributed by atoms with Crippen LogP contribution in [0.4, 0.5) is 0 Å². The summed E-state index contributed by atoms with van der Waals surface area (Å²) in [4.78, 5) is 9.07. The number of para-hydroxylation sites is 2. The zero-order valence-corrected chi connectivity index (χ0v) is 15.3. The Morgan fingerprint density at radius 1 is 1.00 bits per heavy atom. The smallest absolute Gasteiger partial charge is 0.161 e. The fourth-order valence-corrected chi connectivity index (χ4v) is 3.13. The van der Waals surface area contributed by atoms with Crippen LogP contribution in [0, 0.1) is 0 Å². The van der Waals surface area contributed by atoms with E-state index < -0.39 is 6.10 Å². The van der Waals surface area contributed by atoms with Crippen molar-refractivity contribution in [2.45, 2.75) is 12.6 Å². The van der Waals surface area contributed by atoms with Crippen LogP contribution in [0.25, 0.3) is 0 Å². The highest BCUT2D eigenvalue weighted by molar-refractivity contribution is 5.39. The molecule has 2 heterocycles. The van der Waals surface area contributed by atoms with E-state index in [1.54, 1.807) is 7.11 Å². The molecule has 0 saturated carbocycles. The lowest BCUT2D eigenvalue weighted by molar-refractivity contribution is 0.0438. The topological polar surface area (TPSA) is 58.1 Å². The Bertz CT molecular complexity index is 660. The Morgan fingerprint density at radius 3 is 2.38 bits per heavy atom. The van der Waals surface area contributed by atoms with Crippen molar-refractivity contribution in [3.63, 3.8) is 0 Å². The largest absolute Gasteiger partial charge is 0.493 e. The highest BCUT2D eigenvalue weighted by atomic mass is 16.5. The summed E-state index contributed by atoms with van der Waals surface area (Å²) in [6, 6.07) is 13.5. The monoisotopic (exact) mass is 357 g/mol. The fraction of sp³-hybridized carbons (Fsp3) is 0.450. The van der Waals surface area contributed by atoms with Crippen molar-refractivity contribution in [3.8, 4) is 11.5 Å². The minimum Gasteiger partial charge on any atom is -0.493 e. The number of aliphatic hydroxyl groups excluding tert-OH is 1. The molecule has 1 aliphatic rings. The van der Waals surface area contributed by atoms with Gasteiger partial charge in [-0.15, -0.1) is 0 Å². The molecule has 1 aromatic carbocycles. The van der Waals surface area contributed by atoms with Gasteiger partial charge < -0.3 is 14.6 Å². The number of rotatable bonds is 8. The van der Waals surface area contributed by atoms with Crippen molar-refractivity contribution in [1.82, 2.24) is 14.8 Å². The first kappa shape index (κ1) is 18.6. The molecule has 26 heavy (non-hydrogen) atoms. The number of aromatic nitrogens is 1. The predicted octanol–water partition coefficient (Wildman–Crippen LogP) is 1.65. The summed E-state index contributed by atoms with van der Waals surface area (Å²) in [5, 5.41) is 10.3. The van der Waals surface area contributed by atoms with E-state index >= 15 is 0 Å². The minimum absolute atomic E-state index is 0.258. The van der Waals surface area contributed by atoms with Crippen LogP contribution in [-0.4, -0.2) is 72.4 Å². The second-order valence-corrected chi connectivity index (χ2v) is 6.51. The average Bonchev–Trinajstić information content (AvgIpc) is 2.69. The molecule has 0 unspecified atom stereocenters. The van der Waals surface area contributed by atoms with E-state index in [-0.39, 0.29) is 6.61 Å². The molecule has 0 radical (unpaired) electrons. The number of hydrogen-bond donors (Lipinski definition) is 1. The van der Waals surface area contributed by atoms with Gasteiger partial charge in [0.2, 0.25) is 0 Å². The zero-order chi connectivity index (χ0) is 18.2. The first-order chi connectivity index (χ1) is 12.7. The Balaban J connectivity index is 1.38. The maximum Gasteiger partial charge on any atom is 0.161 e. The third kappa shape index (κ3) is 5.42. The van der Waals surface area contributed by atoms with Crippen molar-refractivity contribution in [2.75, 3.05) is 46.4 Å². The summed E-state index contributed by atoms with van der Waals surface area (Å²) in [5.74, 6) is 1.34. The van der Waals surface area contributed by atoms with Gasteiger partial charge in [-0.3, -0.25) is 14.8 Å². The molecule has 6 nitrogen and oxygen atoms in total. The molecular weight excluding hydrogens is 330 g/mol. The van der Waals surface area contributed by atoms with Gasteiger partial charge in [0.05, 0.1) is 12.8 Å². The molecular formula is C20H27N3O3. The number of aliphatic hydroxyl groups is 1. The van der Waals surface area contributed by atoms with Gasteiger partial charge in [0, 0.05) is 45.5 Å². The lowest BCUT2D eigenvalue weighted by Crippen LogP contribution is -2.48. The molecule has 1 N–H and O–H groups in total. The van der Waals surface area contributed by atoms with Gasteiger partial charge in [-0.1, -0.05) is 18.2 Å². The van der Waals surface area contributed by atoms with Gasteiger partial charge >= 0.3 is 0 Å². The first-order valence-electron chi connectivity index (χ1n) is 9.03. The molecule has 3 rings (SSSR count). The molecule has 0 amide bonds. The van der Waals surface area contributed by atoms with E-state index in [0.717, 1.165) is 38.4 Å². The number of piperazine rings is 1. The summed E-state index contributed by atoms with van der Waals surface area (Å²) in [6.07, 6.45) is 1.31. The van der Waals surface area contributed by atoms with E-state index in [2.05, 4.69) is 20.9 Å². The van der Waals surface area contributed by atoms with Crippen LogP contribution in [-0.2, 0) is 6.54 Å². The van der Waals surface area contributed by atoms with Gasteiger partial charge in [0.1, 0.15) is 12.7 Å². The van der Waals surface area contributed by atoms with Crippen molar-refractivity contribution in [2.24, 2.45) is 0 Å². The molecule has 1 aliphatic heterocycles. The standard InChI is InChI=1S/C20H27N3O3/c1-25-19-7-2-3-8-20(19)26-16-18(24)15-23-12-10-22(11-13-23)14-17-6-4-5-9-21-17/h2-9,18,24H,10-16H2,1H3/t18-/m1/s1. The fourth-order valence-electron chi connectivity index (χ4n) is 3.13. The molecule has 1 atom stereocenters. The van der Waals surface area contributed by atoms with E-state index in [0.29, 0.717) is 18.0 Å². The number of benzene rings is 1. The minimum atomic E-state index is -0.526. The van der Waals surface area contributed by atoms with Crippen LogP contribution in [0.15, 0.2) is 48.7 Å². The first-order valence-corrected chi connectivity index (χ1v) is 9.03. The Kier molecular flexibility index (Phi) is 6.82. The third-order valence-corrected chi connectivity index (χ3v) is 4.55. The Labute approximate surface area is 155 Å². The number of ether oxygens (including phenoxy) is 2. The normalized spacial score (nSPS) is 17.0. The number of nitrogens with zero attached hydrogens (tertiary/aromatic N) is 3. The maximum atomic E-state index is 10.3. The molecule has 6 heteroatoms. The van der Waals surface area contributed by atoms with Crippen LogP contribution in [0.2, 0.25) is 0 Å². The molecule has 140 valence electrons. The SMILES string of the molecule is COc1ccccc1OC[C@H](O)CN1CCN(Cc2ccccn2)CC1. The summed E-state index contributed by atoms with van der Waals surface area (Å²) in [5.41, 5.74) is 1.10. The van der Waals surface area contributed by atoms with E-state index in [1.807, 2.05) is 42.6 Å². The van der Waals surface area contributed by atoms with Crippen LogP contribution in [0.1, 0.15) is 5.69 Å². The lowest BCUT2D eigenvalue weighted by Gasteiger charge is -2.35. The van der Waals surface area contributed by atoms with Crippen LogP contribution < -0.4 is 9.47 Å². The van der Waals surface area contributed by atoms with Crippen molar-refractivity contribution >= 4 is 0 Å². The van der Waals surface area contributed by atoms with Crippen LogP contribution >= 0.6 is 0 Å². The van der Waals surface area contributed by atoms with Gasteiger partial charge in [-0.05, 0) is 24.3 Å². The molecule has 1 fully saturated rings. The van der Waals surface area contributed by atoms with E-state index in [1.165, 1.54) is 0 Å². The van der Waals surface area contributed by atoms with Crippen LogP contribution in [0.3, 0.4) is 0 Å². The molecule has 1 aromatic heterocycles. The summed E-state index contributed by atoms with van der Waals surface area (Å²) in [6.45, 7) is 5.61. The Hall–Kier alpha value is -2.15. The van der Waals surface area contributed by atoms with Crippen molar-refractivity contribution < 1.29 is 14.6 Å². The van der Waals surface area contributed by atoms with Gasteiger partial charge in [0.25, 0.3) is 0 Å². The van der Waals surface area contributed by atoms with E-state index in [4.69, 9.17) is 9.47 Å². The summed E-state index contributed by atoms with van der Waals surface area (Å²) in [7, 11) is 1.61. The quantitative estimate of drug-likeness (QED) is 0.775. The molecule has 0 bridgehead atoms. The lowest BCUT2D eigenvalue weighted by atomic mass is 10.2. The highest BCUT2D eigenvalue weighted by Gasteiger charge is 2.20. The van der Waals surface area contributed by atoms with Gasteiger partial charge in [0.15, 0.2) is 11.5 Å². The number of pyridine rings is 1. The molecule has 0 spiro atoms. The second-order valence-electron chi connectivity index (χ2n) is 6.51. The summed E-state index contributed by atoms with van der Waals surface area (Å²) >= 11 is 0. The molecule has 1 saturated heterocycles. The molecule has 0 aliphatic carbocycles. The van der Waals surface area contributed by atoms with Crippen LogP contribution in [0.5, 0.6) is 11.5 Å². The summed E-state index contributed by atoms with van der Waals surface area (Å²) < 4.78 is 11.0. The highest BCUT2D eigenvalue weighted by Crippen LogP contribution is 2.25. The van der Waals surface area contributed by atoms with Crippen molar-refractivity contribution in [3.05, 3.63) is 54.4 Å². The predicted molar refractivity (Wildman–Crippen MR) is 100 cm³/mol. The average molecular weight is 357 g/mol. The van der Waals surface area contributed by atoms with Crippen molar-refractivity contribution in [1.29, 1.82) is 0 Å². The number of hydrogen-bond acceptors (Lipinski definition) is 6. The maximum absolute atomic E-state index is 10.3. The van der Waals surface area contributed by atoms with Gasteiger partial charge in [-0.25, -0.2) is 0 Å². The number of methoxy groups -OCH3 is 1. The number of β-amino-alcohol motifs (C(OH)–C–C–N with tert-alkyl or cyclic N) is 1. The second kappa shape index (κ2) is 9.52. The Morgan fingerprint density at radius 2 is 1.69 bits per heavy atom. The van der Waals surface area contributed by atoms with E-state index in [9.17, 15) is 5.11 Å². The zero-order valence-electron chi connectivity index (χ0n) is 15.3. The molecule has 2 aromatic rings. The third-order valence-electron chi connectivity index (χ3n) is 4.55. The van der Waals surface area contributed by atoms with Gasteiger partial charge in [-0.2, -0.15) is 0 Å².